The lowest BCUT2D eigenvalue weighted by Gasteiger charge is -2.24. The van der Waals surface area contributed by atoms with E-state index in [1.807, 2.05) is 49.4 Å². The van der Waals surface area contributed by atoms with Gasteiger partial charge in [-0.05, 0) is 71.8 Å². The van der Waals surface area contributed by atoms with Crippen LogP contribution in [0.1, 0.15) is 12.5 Å². The van der Waals surface area contributed by atoms with Gasteiger partial charge < -0.3 is 10.1 Å². The predicted octanol–water partition coefficient (Wildman–Crippen LogP) is 5.51. The van der Waals surface area contributed by atoms with Crippen molar-refractivity contribution < 1.29 is 17.9 Å². The zero-order valence-corrected chi connectivity index (χ0v) is 21.6. The van der Waals surface area contributed by atoms with Crippen molar-refractivity contribution in [2.45, 2.75) is 18.4 Å². The molecule has 0 radical (unpaired) electrons. The molecule has 0 atom stereocenters. The average Bonchev–Trinajstić information content (AvgIpc) is 2.87. The van der Waals surface area contributed by atoms with E-state index in [0.717, 1.165) is 25.1 Å². The average molecular weight is 553 g/mol. The lowest BCUT2D eigenvalue weighted by atomic mass is 10.0. The normalized spacial score (nSPS) is 11.3. The highest BCUT2D eigenvalue weighted by Gasteiger charge is 2.27. The third-order valence-electron chi connectivity index (χ3n) is 5.48. The number of hydrogen-bond acceptors (Lipinski definition) is 4. The molecule has 0 saturated carbocycles. The Bertz CT molecular complexity index is 1420. The summed E-state index contributed by atoms with van der Waals surface area (Å²) in [6, 6.07) is 26.8. The van der Waals surface area contributed by atoms with Crippen LogP contribution in [-0.4, -0.2) is 27.5 Å². The maximum atomic E-state index is 13.5. The molecule has 0 aliphatic rings. The molecule has 0 aliphatic carbocycles. The van der Waals surface area contributed by atoms with Crippen molar-refractivity contribution in [2.75, 3.05) is 17.5 Å². The molecule has 0 fully saturated rings. The van der Waals surface area contributed by atoms with Crippen molar-refractivity contribution in [3.05, 3.63) is 101 Å². The molecule has 4 rings (SSSR count). The molecule has 4 aromatic carbocycles. The topological polar surface area (TPSA) is 75.7 Å². The van der Waals surface area contributed by atoms with E-state index < -0.39 is 15.9 Å². The number of benzene rings is 4. The van der Waals surface area contributed by atoms with E-state index in [1.54, 1.807) is 36.4 Å². The largest absolute Gasteiger partial charge is 0.494 e. The van der Waals surface area contributed by atoms with Gasteiger partial charge in [0.1, 0.15) is 12.3 Å². The molecule has 35 heavy (non-hydrogen) atoms. The first kappa shape index (κ1) is 24.8. The van der Waals surface area contributed by atoms with E-state index >= 15 is 0 Å². The van der Waals surface area contributed by atoms with Crippen molar-refractivity contribution in [3.8, 4) is 5.75 Å². The van der Waals surface area contributed by atoms with Crippen molar-refractivity contribution >= 4 is 48.3 Å². The third kappa shape index (κ3) is 5.83. The van der Waals surface area contributed by atoms with Gasteiger partial charge in [0.05, 0.1) is 17.2 Å². The first-order valence-corrected chi connectivity index (χ1v) is 13.4. The Hall–Kier alpha value is -3.36. The van der Waals surface area contributed by atoms with E-state index in [1.165, 1.54) is 12.1 Å². The minimum Gasteiger partial charge on any atom is -0.494 e. The van der Waals surface area contributed by atoms with Crippen LogP contribution in [0.4, 0.5) is 5.69 Å². The molecule has 1 N–H and O–H groups in total. The number of ether oxygens (including phenoxy) is 1. The summed E-state index contributed by atoms with van der Waals surface area (Å²) in [6.07, 6.45) is 0. The van der Waals surface area contributed by atoms with Crippen LogP contribution >= 0.6 is 15.9 Å². The number of carbonyl (C=O) groups is 1. The van der Waals surface area contributed by atoms with Crippen LogP contribution in [-0.2, 0) is 21.4 Å². The van der Waals surface area contributed by atoms with Crippen LogP contribution < -0.4 is 14.4 Å². The minimum absolute atomic E-state index is 0.0939. The number of anilines is 1. The second-order valence-corrected chi connectivity index (χ2v) is 10.6. The summed E-state index contributed by atoms with van der Waals surface area (Å²) >= 11 is 3.33. The summed E-state index contributed by atoms with van der Waals surface area (Å²) in [4.78, 5) is 13.1. The molecule has 0 aliphatic heterocycles. The maximum Gasteiger partial charge on any atom is 0.264 e. The van der Waals surface area contributed by atoms with E-state index in [9.17, 15) is 13.2 Å². The number of sulfonamides is 1. The number of halogens is 1. The highest BCUT2D eigenvalue weighted by atomic mass is 79.9. The van der Waals surface area contributed by atoms with Gasteiger partial charge in [0.2, 0.25) is 5.91 Å². The zero-order chi connectivity index (χ0) is 24.8. The first-order chi connectivity index (χ1) is 16.9. The smallest absolute Gasteiger partial charge is 0.264 e. The lowest BCUT2D eigenvalue weighted by Crippen LogP contribution is -2.40. The number of nitrogens with one attached hydrogen (secondary N) is 1. The Morgan fingerprint density at radius 1 is 0.914 bits per heavy atom. The van der Waals surface area contributed by atoms with Crippen LogP contribution in [0, 0.1) is 0 Å². The van der Waals surface area contributed by atoms with Crippen molar-refractivity contribution in [2.24, 2.45) is 0 Å². The van der Waals surface area contributed by atoms with E-state index in [4.69, 9.17) is 4.74 Å². The molecule has 0 aromatic heterocycles. The molecular formula is C27H25BrN2O4S. The van der Waals surface area contributed by atoms with Crippen LogP contribution in [0.3, 0.4) is 0 Å². The summed E-state index contributed by atoms with van der Waals surface area (Å²) in [6.45, 7) is 2.29. The summed E-state index contributed by atoms with van der Waals surface area (Å²) in [5.41, 5.74) is 1.33. The molecular weight excluding hydrogens is 528 g/mol. The maximum absolute atomic E-state index is 13.5. The zero-order valence-electron chi connectivity index (χ0n) is 19.1. The second-order valence-electron chi connectivity index (χ2n) is 7.81. The second kappa shape index (κ2) is 10.9. The monoisotopic (exact) mass is 552 g/mol. The predicted molar refractivity (Wildman–Crippen MR) is 142 cm³/mol. The van der Waals surface area contributed by atoms with Gasteiger partial charge in [-0.15, -0.1) is 0 Å². The van der Waals surface area contributed by atoms with Gasteiger partial charge in [-0.1, -0.05) is 58.4 Å². The third-order valence-corrected chi connectivity index (χ3v) is 7.80. The summed E-state index contributed by atoms with van der Waals surface area (Å²) < 4.78 is 34.4. The first-order valence-electron chi connectivity index (χ1n) is 11.1. The van der Waals surface area contributed by atoms with Gasteiger partial charge in [0.15, 0.2) is 0 Å². The Labute approximate surface area is 213 Å². The fourth-order valence-electron chi connectivity index (χ4n) is 3.75. The molecule has 4 aromatic rings. The van der Waals surface area contributed by atoms with Gasteiger partial charge in [-0.3, -0.25) is 9.10 Å². The summed E-state index contributed by atoms with van der Waals surface area (Å²) in [5, 5.41) is 5.00. The number of carbonyl (C=O) groups excluding carboxylic acids is 1. The molecule has 8 heteroatoms. The van der Waals surface area contributed by atoms with Gasteiger partial charge in [-0.25, -0.2) is 8.42 Å². The van der Waals surface area contributed by atoms with Gasteiger partial charge >= 0.3 is 0 Å². The van der Waals surface area contributed by atoms with E-state index in [-0.39, 0.29) is 18.0 Å². The van der Waals surface area contributed by atoms with Crippen LogP contribution in [0.15, 0.2) is 100 Å². The highest BCUT2D eigenvalue weighted by Crippen LogP contribution is 2.27. The van der Waals surface area contributed by atoms with Crippen molar-refractivity contribution in [1.29, 1.82) is 0 Å². The highest BCUT2D eigenvalue weighted by molar-refractivity contribution is 9.10. The number of amides is 1. The summed E-state index contributed by atoms with van der Waals surface area (Å²) in [7, 11) is -4.00. The Kier molecular flexibility index (Phi) is 7.73. The molecule has 0 heterocycles. The number of fused-ring (bicyclic) bond motifs is 1. The van der Waals surface area contributed by atoms with Crippen LogP contribution in [0.25, 0.3) is 10.8 Å². The van der Waals surface area contributed by atoms with Crippen molar-refractivity contribution in [1.82, 2.24) is 5.32 Å². The van der Waals surface area contributed by atoms with Gasteiger partial charge in [0.25, 0.3) is 10.0 Å². The molecule has 6 nitrogen and oxygen atoms in total. The number of rotatable bonds is 9. The van der Waals surface area contributed by atoms with E-state index in [2.05, 4.69) is 21.2 Å². The van der Waals surface area contributed by atoms with Gasteiger partial charge in [-0.2, -0.15) is 0 Å². The number of hydrogen-bond donors (Lipinski definition) is 1. The van der Waals surface area contributed by atoms with Crippen LogP contribution in [0.5, 0.6) is 5.75 Å². The Balaban J connectivity index is 1.59. The fourth-order valence-corrected chi connectivity index (χ4v) is 5.44. The molecule has 0 unspecified atom stereocenters. The fraction of sp³-hybridized carbons (Fsp3) is 0.148. The summed E-state index contributed by atoms with van der Waals surface area (Å²) in [5.74, 6) is 0.213. The molecule has 0 saturated heterocycles. The van der Waals surface area contributed by atoms with Gasteiger partial charge in [0, 0.05) is 11.0 Å². The molecule has 1 amide bonds. The molecule has 0 bridgehead atoms. The number of nitrogens with zero attached hydrogens (tertiary/aromatic N) is 1. The van der Waals surface area contributed by atoms with Crippen LogP contribution in [0.2, 0.25) is 0 Å². The standard InChI is InChI=1S/C27H25BrN2O4S/c1-2-34-24-14-12-23(13-15-24)30(35(32,33)25-16-10-22(28)11-17-25)19-27(31)29-18-21-8-5-7-20-6-3-4-9-26(20)21/h3-17H,2,18-19H2,1H3,(H,29,31). The van der Waals surface area contributed by atoms with E-state index in [0.29, 0.717) is 18.0 Å². The SMILES string of the molecule is CCOc1ccc(N(CC(=O)NCc2cccc3ccccc23)S(=O)(=O)c2ccc(Br)cc2)cc1. The Morgan fingerprint density at radius 2 is 1.60 bits per heavy atom. The molecule has 0 spiro atoms. The minimum atomic E-state index is -4.00. The Morgan fingerprint density at radius 3 is 2.31 bits per heavy atom. The molecule has 180 valence electrons. The lowest BCUT2D eigenvalue weighted by molar-refractivity contribution is -0.119. The van der Waals surface area contributed by atoms with Crippen molar-refractivity contribution in [3.63, 3.8) is 0 Å². The quantitative estimate of drug-likeness (QED) is 0.297.